The van der Waals surface area contributed by atoms with Crippen LogP contribution >= 0.6 is 11.3 Å². The molecular formula is C16H19N3OS. The Bertz CT molecular complexity index is 651. The Hall–Kier alpha value is -1.88. The molecule has 2 N–H and O–H groups in total. The van der Waals surface area contributed by atoms with Crippen LogP contribution in [0.2, 0.25) is 0 Å². The second kappa shape index (κ2) is 6.26. The van der Waals surface area contributed by atoms with Crippen molar-refractivity contribution < 1.29 is 4.79 Å². The van der Waals surface area contributed by atoms with Crippen molar-refractivity contribution in [3.63, 3.8) is 0 Å². The molecule has 0 saturated heterocycles. The fourth-order valence-corrected chi connectivity index (χ4v) is 3.33. The summed E-state index contributed by atoms with van der Waals surface area (Å²) in [6.07, 6.45) is 2.97. The van der Waals surface area contributed by atoms with Crippen molar-refractivity contribution in [3.05, 3.63) is 45.4 Å². The average molecular weight is 301 g/mol. The van der Waals surface area contributed by atoms with Gasteiger partial charge in [0.25, 0.3) is 5.91 Å². The highest BCUT2D eigenvalue weighted by atomic mass is 32.1. The molecule has 3 rings (SSSR count). The molecule has 4 nitrogen and oxygen atoms in total. The van der Waals surface area contributed by atoms with Crippen molar-refractivity contribution in [2.45, 2.75) is 32.7 Å². The van der Waals surface area contributed by atoms with Crippen LogP contribution in [0.15, 0.2) is 23.6 Å². The lowest BCUT2D eigenvalue weighted by atomic mass is 9.97. The van der Waals surface area contributed by atoms with E-state index < -0.39 is 0 Å². The third kappa shape index (κ3) is 3.08. The molecule has 0 atom stereocenters. The average Bonchev–Trinajstić information content (AvgIpc) is 3.00. The van der Waals surface area contributed by atoms with Gasteiger partial charge in [-0.25, -0.2) is 4.98 Å². The number of amides is 1. The van der Waals surface area contributed by atoms with Crippen molar-refractivity contribution in [2.24, 2.45) is 0 Å². The molecule has 1 amide bonds. The molecular weight excluding hydrogens is 282 g/mol. The van der Waals surface area contributed by atoms with Gasteiger partial charge in [-0.05, 0) is 37.0 Å². The molecule has 0 bridgehead atoms. The van der Waals surface area contributed by atoms with E-state index in [0.29, 0.717) is 6.54 Å². The van der Waals surface area contributed by atoms with E-state index in [4.69, 9.17) is 0 Å². The molecule has 0 radical (unpaired) electrons. The molecule has 2 aromatic rings. The molecule has 5 heteroatoms. The number of anilines is 1. The summed E-state index contributed by atoms with van der Waals surface area (Å²) in [5, 5.41) is 9.46. The summed E-state index contributed by atoms with van der Waals surface area (Å²) in [5.74, 6) is -0.0124. The minimum Gasteiger partial charge on any atom is -0.385 e. The smallest absolute Gasteiger partial charge is 0.251 e. The molecule has 0 unspecified atom stereocenters. The SMILES string of the molecule is CCc1nc(CNC(=O)c2cccc3c2CCCN3)cs1. The minimum atomic E-state index is -0.0124. The Morgan fingerprint density at radius 3 is 3.19 bits per heavy atom. The number of nitrogens with one attached hydrogen (secondary N) is 2. The third-order valence-corrected chi connectivity index (χ3v) is 4.71. The molecule has 0 saturated carbocycles. The minimum absolute atomic E-state index is 0.0124. The van der Waals surface area contributed by atoms with E-state index in [2.05, 4.69) is 22.5 Å². The summed E-state index contributed by atoms with van der Waals surface area (Å²) in [5.41, 5.74) is 3.95. The number of thiazole rings is 1. The standard InChI is InChI=1S/C16H19N3OS/c1-2-15-19-11(10-21-15)9-18-16(20)13-5-3-7-14-12(13)6-4-8-17-14/h3,5,7,10,17H,2,4,6,8-9H2,1H3,(H,18,20). The first-order valence-corrected chi connectivity index (χ1v) is 8.23. The zero-order valence-electron chi connectivity index (χ0n) is 12.1. The third-order valence-electron chi connectivity index (χ3n) is 3.67. The Morgan fingerprint density at radius 2 is 2.38 bits per heavy atom. The lowest BCUT2D eigenvalue weighted by molar-refractivity contribution is 0.0949. The zero-order valence-corrected chi connectivity index (χ0v) is 12.9. The van der Waals surface area contributed by atoms with E-state index in [1.54, 1.807) is 11.3 Å². The summed E-state index contributed by atoms with van der Waals surface area (Å²) in [4.78, 5) is 16.9. The fourth-order valence-electron chi connectivity index (χ4n) is 2.58. The van der Waals surface area contributed by atoms with Gasteiger partial charge in [-0.3, -0.25) is 4.79 Å². The van der Waals surface area contributed by atoms with E-state index in [0.717, 1.165) is 53.3 Å². The maximum Gasteiger partial charge on any atom is 0.251 e. The highest BCUT2D eigenvalue weighted by Crippen LogP contribution is 2.25. The molecule has 1 aromatic carbocycles. The lowest BCUT2D eigenvalue weighted by Crippen LogP contribution is -2.25. The van der Waals surface area contributed by atoms with Crippen LogP contribution in [0.25, 0.3) is 0 Å². The van der Waals surface area contributed by atoms with E-state index in [9.17, 15) is 4.79 Å². The van der Waals surface area contributed by atoms with E-state index in [1.807, 2.05) is 23.6 Å². The topological polar surface area (TPSA) is 54.0 Å². The molecule has 2 heterocycles. The predicted molar refractivity (Wildman–Crippen MR) is 85.9 cm³/mol. The summed E-state index contributed by atoms with van der Waals surface area (Å²) < 4.78 is 0. The number of aryl methyl sites for hydroxylation is 1. The first kappa shape index (κ1) is 14.1. The van der Waals surface area contributed by atoms with E-state index in [1.165, 1.54) is 0 Å². The number of fused-ring (bicyclic) bond motifs is 1. The maximum atomic E-state index is 12.4. The van der Waals surface area contributed by atoms with Crippen LogP contribution in [0.5, 0.6) is 0 Å². The van der Waals surface area contributed by atoms with Gasteiger partial charge in [0.15, 0.2) is 0 Å². The summed E-state index contributed by atoms with van der Waals surface area (Å²) in [7, 11) is 0. The van der Waals surface area contributed by atoms with Crippen LogP contribution < -0.4 is 10.6 Å². The van der Waals surface area contributed by atoms with Crippen LogP contribution in [0.1, 0.15) is 40.0 Å². The fraction of sp³-hybridized carbons (Fsp3) is 0.375. The normalized spacial score (nSPS) is 13.4. The summed E-state index contributed by atoms with van der Waals surface area (Å²) in [6.45, 7) is 3.56. The van der Waals surface area contributed by atoms with Gasteiger partial charge in [0, 0.05) is 23.2 Å². The largest absolute Gasteiger partial charge is 0.385 e. The Morgan fingerprint density at radius 1 is 1.48 bits per heavy atom. The molecule has 0 aliphatic carbocycles. The molecule has 0 fully saturated rings. The number of aromatic nitrogens is 1. The van der Waals surface area contributed by atoms with Gasteiger partial charge in [0.2, 0.25) is 0 Å². The highest BCUT2D eigenvalue weighted by molar-refractivity contribution is 7.09. The lowest BCUT2D eigenvalue weighted by Gasteiger charge is -2.20. The number of nitrogens with zero attached hydrogens (tertiary/aromatic N) is 1. The number of benzene rings is 1. The highest BCUT2D eigenvalue weighted by Gasteiger charge is 2.17. The van der Waals surface area contributed by atoms with Crippen molar-refractivity contribution >= 4 is 22.9 Å². The van der Waals surface area contributed by atoms with Gasteiger partial charge in [0.1, 0.15) is 0 Å². The molecule has 0 spiro atoms. The van der Waals surface area contributed by atoms with Gasteiger partial charge in [0.05, 0.1) is 17.2 Å². The molecule has 1 aliphatic heterocycles. The van der Waals surface area contributed by atoms with Crippen LogP contribution in [-0.2, 0) is 19.4 Å². The predicted octanol–water partition coefficient (Wildman–Crippen LogP) is 2.99. The van der Waals surface area contributed by atoms with Crippen molar-refractivity contribution in [1.82, 2.24) is 10.3 Å². The Labute approximate surface area is 128 Å². The van der Waals surface area contributed by atoms with Crippen LogP contribution in [-0.4, -0.2) is 17.4 Å². The number of hydrogen-bond acceptors (Lipinski definition) is 4. The van der Waals surface area contributed by atoms with Gasteiger partial charge in [-0.2, -0.15) is 0 Å². The molecule has 110 valence electrons. The second-order valence-corrected chi connectivity index (χ2v) is 6.07. The maximum absolute atomic E-state index is 12.4. The number of rotatable bonds is 4. The van der Waals surface area contributed by atoms with Gasteiger partial charge in [-0.15, -0.1) is 11.3 Å². The number of carbonyl (C=O) groups excluding carboxylic acids is 1. The molecule has 21 heavy (non-hydrogen) atoms. The zero-order chi connectivity index (χ0) is 14.7. The Balaban J connectivity index is 1.71. The first-order valence-electron chi connectivity index (χ1n) is 7.35. The summed E-state index contributed by atoms with van der Waals surface area (Å²) >= 11 is 1.65. The van der Waals surface area contributed by atoms with E-state index >= 15 is 0 Å². The van der Waals surface area contributed by atoms with Crippen molar-refractivity contribution in [1.29, 1.82) is 0 Å². The number of carbonyl (C=O) groups is 1. The molecule has 1 aromatic heterocycles. The van der Waals surface area contributed by atoms with Crippen LogP contribution in [0, 0.1) is 0 Å². The van der Waals surface area contributed by atoms with Gasteiger partial charge >= 0.3 is 0 Å². The van der Waals surface area contributed by atoms with Gasteiger partial charge < -0.3 is 10.6 Å². The van der Waals surface area contributed by atoms with E-state index in [-0.39, 0.29) is 5.91 Å². The first-order chi connectivity index (χ1) is 10.3. The second-order valence-electron chi connectivity index (χ2n) is 5.13. The van der Waals surface area contributed by atoms with Gasteiger partial charge in [-0.1, -0.05) is 13.0 Å². The number of hydrogen-bond donors (Lipinski definition) is 2. The van der Waals surface area contributed by atoms with Crippen molar-refractivity contribution in [3.8, 4) is 0 Å². The van der Waals surface area contributed by atoms with Crippen LogP contribution in [0.4, 0.5) is 5.69 Å². The van der Waals surface area contributed by atoms with Crippen LogP contribution in [0.3, 0.4) is 0 Å². The quantitative estimate of drug-likeness (QED) is 0.913. The Kier molecular flexibility index (Phi) is 4.20. The van der Waals surface area contributed by atoms with Crippen molar-refractivity contribution in [2.75, 3.05) is 11.9 Å². The summed E-state index contributed by atoms with van der Waals surface area (Å²) in [6, 6.07) is 5.88. The molecule has 1 aliphatic rings. The monoisotopic (exact) mass is 301 g/mol.